The SMILES string of the molecule is Cn1cc(-c2cc(F)cc(CNC(=O)c3nccc4nc(C5CCC(F)(F)C5)n(C)c34)c2)cn1. The second-order valence-corrected chi connectivity index (χ2v) is 8.79. The molecule has 10 heteroatoms. The van der Waals surface area contributed by atoms with Crippen molar-refractivity contribution >= 4 is 16.9 Å². The smallest absolute Gasteiger partial charge is 0.272 e. The Bertz CT molecular complexity index is 1390. The van der Waals surface area contributed by atoms with Crippen LogP contribution in [0.4, 0.5) is 13.2 Å². The standard InChI is InChI=1S/C24H23F3N6O/c1-32-13-17(12-30-32)16-7-14(8-18(25)9-16)11-29-23(34)20-21-19(4-6-28-20)31-22(33(21)2)15-3-5-24(26,27)10-15/h4,6-9,12-13,15H,3,5,10-11H2,1-2H3,(H,29,34). The number of nitrogens with zero attached hydrogens (tertiary/aromatic N) is 5. The number of rotatable bonds is 5. The normalized spacial score (nSPS) is 17.4. The van der Waals surface area contributed by atoms with Gasteiger partial charge in [-0.15, -0.1) is 0 Å². The van der Waals surface area contributed by atoms with E-state index in [1.807, 2.05) is 0 Å². The first-order valence-corrected chi connectivity index (χ1v) is 11.0. The molecule has 3 aromatic heterocycles. The van der Waals surface area contributed by atoms with Gasteiger partial charge in [0.2, 0.25) is 5.92 Å². The van der Waals surface area contributed by atoms with Gasteiger partial charge in [-0.05, 0) is 41.8 Å². The topological polar surface area (TPSA) is 77.6 Å². The van der Waals surface area contributed by atoms with Crippen molar-refractivity contribution < 1.29 is 18.0 Å². The summed E-state index contributed by atoms with van der Waals surface area (Å²) in [5.74, 6) is -3.41. The Hall–Kier alpha value is -3.69. The van der Waals surface area contributed by atoms with Gasteiger partial charge in [-0.25, -0.2) is 23.1 Å². The quantitative estimate of drug-likeness (QED) is 0.473. The Labute approximate surface area is 193 Å². The molecule has 1 saturated carbocycles. The predicted molar refractivity (Wildman–Crippen MR) is 120 cm³/mol. The number of aromatic nitrogens is 5. The summed E-state index contributed by atoms with van der Waals surface area (Å²) in [6, 6.07) is 6.22. The Morgan fingerprint density at radius 2 is 2.06 bits per heavy atom. The van der Waals surface area contributed by atoms with E-state index in [1.165, 1.54) is 18.3 Å². The number of halogens is 3. The molecule has 1 fully saturated rings. The molecule has 1 amide bonds. The summed E-state index contributed by atoms with van der Waals surface area (Å²) >= 11 is 0. The van der Waals surface area contributed by atoms with Gasteiger partial charge < -0.3 is 9.88 Å². The van der Waals surface area contributed by atoms with Gasteiger partial charge in [0, 0.05) is 57.4 Å². The van der Waals surface area contributed by atoms with E-state index in [9.17, 15) is 18.0 Å². The van der Waals surface area contributed by atoms with Crippen molar-refractivity contribution in [1.29, 1.82) is 0 Å². The number of carbonyl (C=O) groups is 1. The molecule has 5 rings (SSSR count). The number of benzene rings is 1. The maximum atomic E-state index is 14.2. The molecule has 1 unspecified atom stereocenters. The van der Waals surface area contributed by atoms with Crippen LogP contribution < -0.4 is 5.32 Å². The van der Waals surface area contributed by atoms with Crippen molar-refractivity contribution in [2.75, 3.05) is 0 Å². The molecule has 0 spiro atoms. The van der Waals surface area contributed by atoms with Crippen molar-refractivity contribution in [3.63, 3.8) is 0 Å². The largest absolute Gasteiger partial charge is 0.347 e. The summed E-state index contributed by atoms with van der Waals surface area (Å²) in [5.41, 5.74) is 3.16. The zero-order valence-corrected chi connectivity index (χ0v) is 18.7. The van der Waals surface area contributed by atoms with Crippen LogP contribution in [0.1, 0.15) is 47.1 Å². The summed E-state index contributed by atoms with van der Waals surface area (Å²) < 4.78 is 45.0. The van der Waals surface area contributed by atoms with Crippen LogP contribution in [0, 0.1) is 5.82 Å². The van der Waals surface area contributed by atoms with Crippen LogP contribution in [0.3, 0.4) is 0 Å². The highest BCUT2D eigenvalue weighted by Crippen LogP contribution is 2.44. The molecule has 1 aromatic carbocycles. The minimum absolute atomic E-state index is 0.0848. The summed E-state index contributed by atoms with van der Waals surface area (Å²) in [5, 5.41) is 6.90. The molecule has 1 atom stereocenters. The van der Waals surface area contributed by atoms with Crippen LogP contribution in [0.5, 0.6) is 0 Å². The number of imidazole rings is 1. The lowest BCUT2D eigenvalue weighted by Crippen LogP contribution is -2.24. The minimum atomic E-state index is -2.69. The highest BCUT2D eigenvalue weighted by Gasteiger charge is 2.41. The molecule has 34 heavy (non-hydrogen) atoms. The third kappa shape index (κ3) is 4.15. The monoisotopic (exact) mass is 468 g/mol. The lowest BCUT2D eigenvalue weighted by atomic mass is 10.1. The van der Waals surface area contributed by atoms with Crippen molar-refractivity contribution in [3.05, 3.63) is 65.8 Å². The average Bonchev–Trinajstić information content (AvgIpc) is 3.48. The number of alkyl halides is 2. The second kappa shape index (κ2) is 8.27. The summed E-state index contributed by atoms with van der Waals surface area (Å²) in [4.78, 5) is 21.8. The molecule has 0 aliphatic heterocycles. The van der Waals surface area contributed by atoms with Crippen molar-refractivity contribution in [2.24, 2.45) is 14.1 Å². The first kappa shape index (κ1) is 22.1. The number of pyridine rings is 1. The third-order valence-electron chi connectivity index (χ3n) is 6.25. The third-order valence-corrected chi connectivity index (χ3v) is 6.25. The van der Waals surface area contributed by atoms with Crippen LogP contribution in [-0.2, 0) is 20.6 Å². The van der Waals surface area contributed by atoms with Gasteiger partial charge in [0.15, 0.2) is 5.69 Å². The highest BCUT2D eigenvalue weighted by molar-refractivity contribution is 6.03. The number of fused-ring (bicyclic) bond motifs is 1. The van der Waals surface area contributed by atoms with Gasteiger partial charge in [0.05, 0.1) is 17.2 Å². The summed E-state index contributed by atoms with van der Waals surface area (Å²) in [6.45, 7) is 0.0848. The highest BCUT2D eigenvalue weighted by atomic mass is 19.3. The number of hydrogen-bond donors (Lipinski definition) is 1. The summed E-state index contributed by atoms with van der Waals surface area (Å²) in [7, 11) is 3.49. The van der Waals surface area contributed by atoms with E-state index in [-0.39, 0.29) is 31.0 Å². The maximum Gasteiger partial charge on any atom is 0.272 e. The molecule has 3 heterocycles. The lowest BCUT2D eigenvalue weighted by Gasteiger charge is -2.11. The molecule has 0 radical (unpaired) electrons. The maximum absolute atomic E-state index is 14.2. The second-order valence-electron chi connectivity index (χ2n) is 8.79. The molecular weight excluding hydrogens is 445 g/mol. The zero-order chi connectivity index (χ0) is 24.0. The van der Waals surface area contributed by atoms with Gasteiger partial charge in [-0.3, -0.25) is 9.48 Å². The first-order valence-electron chi connectivity index (χ1n) is 11.0. The molecule has 1 aliphatic carbocycles. The van der Waals surface area contributed by atoms with E-state index in [0.717, 1.165) is 5.56 Å². The number of carbonyl (C=O) groups excluding carboxylic acids is 1. The lowest BCUT2D eigenvalue weighted by molar-refractivity contribution is 0.00748. The zero-order valence-electron chi connectivity index (χ0n) is 18.7. The summed E-state index contributed by atoms with van der Waals surface area (Å²) in [6.07, 6.45) is 4.82. The number of nitrogens with one attached hydrogen (secondary N) is 1. The van der Waals surface area contributed by atoms with Crippen LogP contribution in [-0.4, -0.2) is 36.1 Å². The molecular formula is C24H23F3N6O. The van der Waals surface area contributed by atoms with E-state index >= 15 is 0 Å². The Kier molecular flexibility index (Phi) is 5.38. The molecule has 7 nitrogen and oxygen atoms in total. The van der Waals surface area contributed by atoms with E-state index in [2.05, 4.69) is 20.4 Å². The van der Waals surface area contributed by atoms with Crippen LogP contribution >= 0.6 is 0 Å². The molecule has 1 N–H and O–H groups in total. The van der Waals surface area contributed by atoms with Crippen molar-refractivity contribution in [3.8, 4) is 11.1 Å². The Balaban J connectivity index is 1.39. The van der Waals surface area contributed by atoms with E-state index in [1.54, 1.807) is 47.9 Å². The van der Waals surface area contributed by atoms with Gasteiger partial charge >= 0.3 is 0 Å². The fourth-order valence-corrected chi connectivity index (χ4v) is 4.63. The fourth-order valence-electron chi connectivity index (χ4n) is 4.63. The van der Waals surface area contributed by atoms with Crippen LogP contribution in [0.15, 0.2) is 42.9 Å². The van der Waals surface area contributed by atoms with Crippen LogP contribution in [0.25, 0.3) is 22.2 Å². The Morgan fingerprint density at radius 3 is 2.76 bits per heavy atom. The predicted octanol–water partition coefficient (Wildman–Crippen LogP) is 4.34. The number of aryl methyl sites for hydroxylation is 2. The fraction of sp³-hybridized carbons (Fsp3) is 0.333. The van der Waals surface area contributed by atoms with Gasteiger partial charge in [-0.1, -0.05) is 0 Å². The molecule has 4 aromatic rings. The number of hydrogen-bond acceptors (Lipinski definition) is 4. The Morgan fingerprint density at radius 1 is 1.24 bits per heavy atom. The molecule has 0 bridgehead atoms. The van der Waals surface area contributed by atoms with Crippen LogP contribution in [0.2, 0.25) is 0 Å². The average molecular weight is 468 g/mol. The van der Waals surface area contributed by atoms with Gasteiger partial charge in [0.1, 0.15) is 11.6 Å². The minimum Gasteiger partial charge on any atom is -0.347 e. The first-order chi connectivity index (χ1) is 16.2. The molecule has 176 valence electrons. The molecule has 0 saturated heterocycles. The number of amides is 1. The van der Waals surface area contributed by atoms with E-state index in [4.69, 9.17) is 0 Å². The van der Waals surface area contributed by atoms with Crippen molar-refractivity contribution in [1.82, 2.24) is 29.6 Å². The van der Waals surface area contributed by atoms with Gasteiger partial charge in [-0.2, -0.15) is 5.10 Å². The molecule has 1 aliphatic rings. The van der Waals surface area contributed by atoms with E-state index in [0.29, 0.717) is 34.4 Å². The van der Waals surface area contributed by atoms with Crippen molar-refractivity contribution in [2.45, 2.75) is 37.6 Å². The van der Waals surface area contributed by atoms with Gasteiger partial charge in [0.25, 0.3) is 5.91 Å². The van der Waals surface area contributed by atoms with E-state index < -0.39 is 17.6 Å².